The van der Waals surface area contributed by atoms with Gasteiger partial charge in [-0.25, -0.2) is 4.99 Å². The van der Waals surface area contributed by atoms with E-state index in [0.29, 0.717) is 40.0 Å². The third-order valence-electron chi connectivity index (χ3n) is 5.83. The van der Waals surface area contributed by atoms with Gasteiger partial charge in [-0.05, 0) is 66.2 Å². The van der Waals surface area contributed by atoms with Gasteiger partial charge in [0.25, 0.3) is 11.9 Å². The number of nitrogens with zero attached hydrogens (tertiary/aromatic N) is 6. The number of aromatic amines is 1. The summed E-state index contributed by atoms with van der Waals surface area (Å²) in [5.74, 6) is -0.701. The number of imidazole rings is 1. The predicted octanol–water partition coefficient (Wildman–Crippen LogP) is 5.71. The number of hydrogen-bond acceptors (Lipinski definition) is 6. The smallest absolute Gasteiger partial charge is 0.406 e. The molecule has 0 saturated carbocycles. The largest absolute Gasteiger partial charge is 0.573 e. The predicted molar refractivity (Wildman–Crippen MR) is 142 cm³/mol. The number of anilines is 1. The average molecular weight is 591 g/mol. The highest BCUT2D eigenvalue weighted by atomic mass is 35.5. The Morgan fingerprint density at radius 1 is 1.02 bits per heavy atom. The van der Waals surface area contributed by atoms with Gasteiger partial charge in [-0.2, -0.15) is 5.21 Å². The molecule has 2 N–H and O–H groups in total. The fourth-order valence-electron chi connectivity index (χ4n) is 4.08. The van der Waals surface area contributed by atoms with Crippen LogP contribution >= 0.6 is 23.2 Å². The van der Waals surface area contributed by atoms with E-state index in [0.717, 1.165) is 16.6 Å². The van der Waals surface area contributed by atoms with Crippen molar-refractivity contribution < 1.29 is 22.7 Å². The zero-order valence-electron chi connectivity index (χ0n) is 20.6. The summed E-state index contributed by atoms with van der Waals surface area (Å²) < 4.78 is 45.5. The highest BCUT2D eigenvalue weighted by molar-refractivity contribution is 6.42. The zero-order valence-corrected chi connectivity index (χ0v) is 22.1. The number of alkyl halides is 3. The molecule has 0 radical (unpaired) electrons. The maximum atomic E-state index is 12.6. The number of rotatable bonds is 7. The summed E-state index contributed by atoms with van der Waals surface area (Å²) in [6, 6.07) is 15.6. The van der Waals surface area contributed by atoms with E-state index < -0.39 is 12.3 Å². The molecular weight excluding hydrogens is 572 g/mol. The third-order valence-corrected chi connectivity index (χ3v) is 6.55. The van der Waals surface area contributed by atoms with Crippen LogP contribution in [0.4, 0.5) is 24.8 Å². The van der Waals surface area contributed by atoms with Crippen molar-refractivity contribution in [1.82, 2.24) is 29.8 Å². The van der Waals surface area contributed by atoms with E-state index in [1.54, 1.807) is 36.4 Å². The molecule has 2 heterocycles. The molecule has 1 amide bonds. The summed E-state index contributed by atoms with van der Waals surface area (Å²) in [5, 5.41) is 16.3. The number of carbonyl (C=O) groups excluding carboxylic acids is 1. The minimum Gasteiger partial charge on any atom is -0.406 e. The van der Waals surface area contributed by atoms with Crippen molar-refractivity contribution in [3.05, 3.63) is 87.5 Å². The molecule has 0 bridgehead atoms. The first-order chi connectivity index (χ1) is 19.1. The number of aromatic nitrogens is 6. The van der Waals surface area contributed by atoms with Crippen LogP contribution in [-0.4, -0.2) is 42.0 Å². The fourth-order valence-corrected chi connectivity index (χ4v) is 4.39. The van der Waals surface area contributed by atoms with E-state index in [2.05, 4.69) is 30.7 Å². The van der Waals surface area contributed by atoms with Crippen molar-refractivity contribution >= 4 is 51.8 Å². The molecule has 5 aromatic rings. The van der Waals surface area contributed by atoms with E-state index in [9.17, 15) is 18.0 Å². The van der Waals surface area contributed by atoms with Gasteiger partial charge in [0.2, 0.25) is 5.62 Å². The van der Waals surface area contributed by atoms with Crippen LogP contribution in [0.5, 0.6) is 5.75 Å². The fraction of sp³-hybridized carbons (Fsp3) is 0.160. The molecular formula is C25H19Cl2F3N8O2. The monoisotopic (exact) mass is 590 g/mol. The first-order valence-corrected chi connectivity index (χ1v) is 12.5. The quantitative estimate of drug-likeness (QED) is 0.252. The standard InChI is InChI=1S/C25H19Cl2F3N8O2/c1-2-37-20-11-18(26)19(27)12-21(20)38(24(37)31-16-7-9-17(10-8-16)40-25(28,29)30)13-14-3-5-15(6-4-14)22(39)32-23-33-35-36-34-23/h3-12H,2,13H2,1H3,(H2,32,33,34,35,36,39). The molecule has 3 aromatic carbocycles. The van der Waals surface area contributed by atoms with Gasteiger partial charge in [-0.3, -0.25) is 10.1 Å². The number of halogens is 5. The molecule has 5 rings (SSSR count). The Bertz CT molecular complexity index is 1730. The molecule has 0 aliphatic rings. The number of fused-ring (bicyclic) bond motifs is 1. The molecule has 0 fully saturated rings. The second kappa shape index (κ2) is 11.0. The molecule has 40 heavy (non-hydrogen) atoms. The van der Waals surface area contributed by atoms with E-state index in [-0.39, 0.29) is 11.7 Å². The van der Waals surface area contributed by atoms with E-state index in [4.69, 9.17) is 28.2 Å². The van der Waals surface area contributed by atoms with Gasteiger partial charge in [-0.15, -0.1) is 18.3 Å². The molecule has 15 heteroatoms. The summed E-state index contributed by atoms with van der Waals surface area (Å²) >= 11 is 12.7. The van der Waals surface area contributed by atoms with Crippen LogP contribution in [-0.2, 0) is 13.1 Å². The molecule has 0 aliphatic heterocycles. The Hall–Kier alpha value is -4.36. The molecule has 0 atom stereocenters. The van der Waals surface area contributed by atoms with Crippen molar-refractivity contribution in [2.24, 2.45) is 4.99 Å². The highest BCUT2D eigenvalue weighted by Gasteiger charge is 2.31. The molecule has 0 aliphatic carbocycles. The highest BCUT2D eigenvalue weighted by Crippen LogP contribution is 2.29. The second-order valence-corrected chi connectivity index (χ2v) is 9.24. The minimum absolute atomic E-state index is 0.0526. The summed E-state index contributed by atoms with van der Waals surface area (Å²) in [4.78, 5) is 17.2. The molecule has 10 nitrogen and oxygen atoms in total. The third kappa shape index (κ3) is 5.95. The number of amides is 1. The average Bonchev–Trinajstić information content (AvgIpc) is 3.51. The van der Waals surface area contributed by atoms with Crippen LogP contribution in [0.1, 0.15) is 22.8 Å². The Morgan fingerprint density at radius 2 is 1.68 bits per heavy atom. The summed E-state index contributed by atoms with van der Waals surface area (Å²) in [5.41, 5.74) is 3.66. The van der Waals surface area contributed by atoms with Crippen LogP contribution in [0.25, 0.3) is 11.0 Å². The van der Waals surface area contributed by atoms with Crippen LogP contribution < -0.4 is 15.7 Å². The number of H-pyrrole nitrogens is 1. The number of tetrazole rings is 1. The topological polar surface area (TPSA) is 115 Å². The number of aryl methyl sites for hydroxylation is 1. The van der Waals surface area contributed by atoms with Crippen molar-refractivity contribution in [2.45, 2.75) is 26.4 Å². The number of nitrogens with one attached hydrogen (secondary N) is 2. The lowest BCUT2D eigenvalue weighted by Gasteiger charge is -2.09. The van der Waals surface area contributed by atoms with Crippen molar-refractivity contribution in [2.75, 3.05) is 5.32 Å². The lowest BCUT2D eigenvalue weighted by molar-refractivity contribution is -0.274. The van der Waals surface area contributed by atoms with Crippen molar-refractivity contribution in [1.29, 1.82) is 0 Å². The lowest BCUT2D eigenvalue weighted by atomic mass is 10.1. The van der Waals surface area contributed by atoms with E-state index in [1.807, 2.05) is 16.1 Å². The van der Waals surface area contributed by atoms with E-state index in [1.165, 1.54) is 24.3 Å². The summed E-state index contributed by atoms with van der Waals surface area (Å²) in [6.45, 7) is 2.79. The summed E-state index contributed by atoms with van der Waals surface area (Å²) in [7, 11) is 0. The number of benzene rings is 3. The molecule has 0 spiro atoms. The van der Waals surface area contributed by atoms with Gasteiger partial charge in [-0.1, -0.05) is 40.4 Å². The normalized spacial score (nSPS) is 12.2. The SMILES string of the molecule is CCn1c(=Nc2ccc(OC(F)(F)F)cc2)n(Cc2ccc(C(=O)Nc3nn[nH]n3)cc2)c2cc(Cl)c(Cl)cc21. The molecule has 0 saturated heterocycles. The Balaban J connectivity index is 1.54. The van der Waals surface area contributed by atoms with Gasteiger partial charge in [0.1, 0.15) is 5.75 Å². The van der Waals surface area contributed by atoms with Crippen molar-refractivity contribution in [3.63, 3.8) is 0 Å². The Labute approximate surface area is 234 Å². The van der Waals surface area contributed by atoms with E-state index >= 15 is 0 Å². The van der Waals surface area contributed by atoms with Crippen molar-refractivity contribution in [3.8, 4) is 5.75 Å². The zero-order chi connectivity index (χ0) is 28.4. The Morgan fingerprint density at radius 3 is 2.25 bits per heavy atom. The van der Waals surface area contributed by atoms with Gasteiger partial charge < -0.3 is 13.9 Å². The van der Waals surface area contributed by atoms with Crippen LogP contribution in [0.2, 0.25) is 10.0 Å². The lowest BCUT2D eigenvalue weighted by Crippen LogP contribution is -2.26. The molecule has 0 unspecified atom stereocenters. The first kappa shape index (κ1) is 27.2. The minimum atomic E-state index is -4.79. The second-order valence-electron chi connectivity index (χ2n) is 8.43. The van der Waals surface area contributed by atoms with Crippen LogP contribution in [0.15, 0.2) is 65.7 Å². The summed E-state index contributed by atoms with van der Waals surface area (Å²) in [6.07, 6.45) is -4.79. The maximum Gasteiger partial charge on any atom is 0.573 e. The van der Waals surface area contributed by atoms with Crippen LogP contribution in [0, 0.1) is 0 Å². The number of carbonyl (C=O) groups is 1. The van der Waals surface area contributed by atoms with Gasteiger partial charge >= 0.3 is 6.36 Å². The van der Waals surface area contributed by atoms with Crippen LogP contribution in [0.3, 0.4) is 0 Å². The molecule has 2 aromatic heterocycles. The Kier molecular flexibility index (Phi) is 7.50. The number of hydrogen-bond donors (Lipinski definition) is 2. The number of ether oxygens (including phenoxy) is 1. The first-order valence-electron chi connectivity index (χ1n) is 11.7. The van der Waals surface area contributed by atoms with Gasteiger partial charge in [0, 0.05) is 12.1 Å². The van der Waals surface area contributed by atoms with Gasteiger partial charge in [0.05, 0.1) is 33.3 Å². The maximum absolute atomic E-state index is 12.6. The van der Waals surface area contributed by atoms with Gasteiger partial charge in [0.15, 0.2) is 0 Å². The molecule has 206 valence electrons.